The minimum Gasteiger partial charge on any atom is -0.497 e. The van der Waals surface area contributed by atoms with E-state index in [4.69, 9.17) is 4.74 Å². The number of methoxy groups -OCH3 is 1. The first kappa shape index (κ1) is 11.1. The molecule has 1 aromatic carbocycles. The summed E-state index contributed by atoms with van der Waals surface area (Å²) in [7, 11) is 1.75. The molecule has 2 nitrogen and oxygen atoms in total. The van der Waals surface area contributed by atoms with Crippen LogP contribution < -0.4 is 10.1 Å². The number of benzene rings is 1. The van der Waals surface area contributed by atoms with Crippen molar-refractivity contribution in [1.82, 2.24) is 5.32 Å². The van der Waals surface area contributed by atoms with Crippen molar-refractivity contribution >= 4 is 0 Å². The zero-order chi connectivity index (χ0) is 11.7. The Kier molecular flexibility index (Phi) is 2.83. The van der Waals surface area contributed by atoms with Crippen LogP contribution in [-0.2, 0) is 11.8 Å². The fraction of sp³-hybridized carbons (Fsp3) is 0.600. The van der Waals surface area contributed by atoms with Gasteiger partial charge in [0.25, 0.3) is 0 Å². The van der Waals surface area contributed by atoms with Crippen molar-refractivity contribution in [3.05, 3.63) is 29.3 Å². The molecule has 0 radical (unpaired) electrons. The van der Waals surface area contributed by atoms with Crippen LogP contribution in [0.2, 0.25) is 0 Å². The number of hydrogen-bond acceptors (Lipinski definition) is 2. The molecular formula is C15H21NO. The third kappa shape index (κ3) is 1.85. The monoisotopic (exact) mass is 231 g/mol. The van der Waals surface area contributed by atoms with Crippen molar-refractivity contribution in [3.8, 4) is 5.75 Å². The van der Waals surface area contributed by atoms with Gasteiger partial charge in [-0.15, -0.1) is 0 Å². The maximum Gasteiger partial charge on any atom is 0.119 e. The number of hydrogen-bond donors (Lipinski definition) is 1. The number of nitrogens with one attached hydrogen (secondary N) is 1. The van der Waals surface area contributed by atoms with E-state index in [1.54, 1.807) is 12.7 Å². The van der Waals surface area contributed by atoms with Gasteiger partial charge in [-0.05, 0) is 49.1 Å². The molecule has 0 unspecified atom stereocenters. The Morgan fingerprint density at radius 2 is 2.06 bits per heavy atom. The Balaban J connectivity index is 2.06. The predicted octanol–water partition coefficient (Wildman–Crippen LogP) is 2.65. The molecule has 0 aromatic heterocycles. The summed E-state index contributed by atoms with van der Waals surface area (Å²) in [6.07, 6.45) is 6.59. The van der Waals surface area contributed by atoms with Crippen LogP contribution in [0.3, 0.4) is 0 Å². The number of ether oxygens (including phenoxy) is 1. The summed E-state index contributed by atoms with van der Waals surface area (Å²) in [4.78, 5) is 0. The molecular weight excluding hydrogens is 210 g/mol. The molecule has 1 aromatic rings. The second kappa shape index (κ2) is 4.34. The molecule has 0 amide bonds. The molecule has 1 fully saturated rings. The summed E-state index contributed by atoms with van der Waals surface area (Å²) in [5.74, 6) is 0.999. The zero-order valence-corrected chi connectivity index (χ0v) is 10.6. The standard InChI is InChI=1S/C15H21NO/c1-17-13-4-5-14-12(10-13)6-9-16-11-15(14)7-2-3-8-15/h4-5,10,16H,2-3,6-9,11H2,1H3. The maximum absolute atomic E-state index is 5.35. The lowest BCUT2D eigenvalue weighted by atomic mass is 9.77. The summed E-state index contributed by atoms with van der Waals surface area (Å²) in [6, 6.07) is 6.68. The van der Waals surface area contributed by atoms with Gasteiger partial charge in [-0.25, -0.2) is 0 Å². The summed E-state index contributed by atoms with van der Waals surface area (Å²) >= 11 is 0. The van der Waals surface area contributed by atoms with Gasteiger partial charge in [-0.1, -0.05) is 18.9 Å². The van der Waals surface area contributed by atoms with Crippen molar-refractivity contribution in [2.45, 2.75) is 37.5 Å². The average molecular weight is 231 g/mol. The lowest BCUT2D eigenvalue weighted by molar-refractivity contribution is 0.408. The normalized spacial score (nSPS) is 22.2. The van der Waals surface area contributed by atoms with E-state index in [0.29, 0.717) is 5.41 Å². The highest BCUT2D eigenvalue weighted by Crippen LogP contribution is 2.43. The Labute approximate surface area is 103 Å². The van der Waals surface area contributed by atoms with Crippen LogP contribution in [-0.4, -0.2) is 20.2 Å². The highest BCUT2D eigenvalue weighted by Gasteiger charge is 2.37. The molecule has 17 heavy (non-hydrogen) atoms. The molecule has 1 aliphatic carbocycles. The summed E-state index contributed by atoms with van der Waals surface area (Å²) < 4.78 is 5.35. The van der Waals surface area contributed by atoms with Gasteiger partial charge in [0.2, 0.25) is 0 Å². The van der Waals surface area contributed by atoms with Crippen LogP contribution in [0.4, 0.5) is 0 Å². The van der Waals surface area contributed by atoms with E-state index in [1.807, 2.05) is 0 Å². The molecule has 1 aliphatic heterocycles. The van der Waals surface area contributed by atoms with E-state index in [0.717, 1.165) is 25.3 Å². The van der Waals surface area contributed by atoms with Gasteiger partial charge in [0, 0.05) is 12.0 Å². The molecule has 2 aliphatic rings. The molecule has 92 valence electrons. The highest BCUT2D eigenvalue weighted by atomic mass is 16.5. The van der Waals surface area contributed by atoms with Crippen LogP contribution >= 0.6 is 0 Å². The van der Waals surface area contributed by atoms with Crippen LogP contribution in [0.15, 0.2) is 18.2 Å². The second-order valence-corrected chi connectivity index (χ2v) is 5.44. The van der Waals surface area contributed by atoms with E-state index in [9.17, 15) is 0 Å². The van der Waals surface area contributed by atoms with Gasteiger partial charge >= 0.3 is 0 Å². The van der Waals surface area contributed by atoms with Gasteiger partial charge < -0.3 is 10.1 Å². The first-order valence-electron chi connectivity index (χ1n) is 6.72. The second-order valence-electron chi connectivity index (χ2n) is 5.44. The highest BCUT2D eigenvalue weighted by molar-refractivity contribution is 5.42. The lowest BCUT2D eigenvalue weighted by Crippen LogP contribution is -2.34. The Morgan fingerprint density at radius 3 is 2.82 bits per heavy atom. The minimum atomic E-state index is 0.415. The summed E-state index contributed by atoms with van der Waals surface area (Å²) in [6.45, 7) is 2.26. The van der Waals surface area contributed by atoms with Crippen LogP contribution in [0.25, 0.3) is 0 Å². The van der Waals surface area contributed by atoms with Crippen LogP contribution in [0.1, 0.15) is 36.8 Å². The molecule has 0 atom stereocenters. The minimum absolute atomic E-state index is 0.415. The molecule has 3 rings (SSSR count). The molecule has 0 saturated heterocycles. The first-order valence-corrected chi connectivity index (χ1v) is 6.72. The molecule has 2 heteroatoms. The topological polar surface area (TPSA) is 21.3 Å². The van der Waals surface area contributed by atoms with E-state index in [-0.39, 0.29) is 0 Å². The van der Waals surface area contributed by atoms with Gasteiger partial charge in [-0.3, -0.25) is 0 Å². The van der Waals surface area contributed by atoms with Crippen molar-refractivity contribution < 1.29 is 4.74 Å². The Hall–Kier alpha value is -1.02. The molecule has 1 spiro atoms. The third-order valence-electron chi connectivity index (χ3n) is 4.48. The number of fused-ring (bicyclic) bond motifs is 2. The SMILES string of the molecule is COc1ccc2c(c1)CCNCC21CCCC1. The van der Waals surface area contributed by atoms with Crippen LogP contribution in [0, 0.1) is 0 Å². The maximum atomic E-state index is 5.35. The molecule has 0 bridgehead atoms. The summed E-state index contributed by atoms with van der Waals surface area (Å²) in [5, 5.41) is 3.62. The van der Waals surface area contributed by atoms with Crippen molar-refractivity contribution in [2.75, 3.05) is 20.2 Å². The predicted molar refractivity (Wildman–Crippen MR) is 69.7 cm³/mol. The van der Waals surface area contributed by atoms with Crippen molar-refractivity contribution in [3.63, 3.8) is 0 Å². The first-order chi connectivity index (χ1) is 8.34. The molecule has 1 saturated carbocycles. The fourth-order valence-corrected chi connectivity index (χ4v) is 3.57. The van der Waals surface area contributed by atoms with Crippen molar-refractivity contribution in [2.24, 2.45) is 0 Å². The van der Waals surface area contributed by atoms with E-state index < -0.39 is 0 Å². The van der Waals surface area contributed by atoms with E-state index >= 15 is 0 Å². The van der Waals surface area contributed by atoms with E-state index in [1.165, 1.54) is 31.2 Å². The van der Waals surface area contributed by atoms with Crippen LogP contribution in [0.5, 0.6) is 5.75 Å². The van der Waals surface area contributed by atoms with Gasteiger partial charge in [-0.2, -0.15) is 0 Å². The quantitative estimate of drug-likeness (QED) is 0.802. The molecule has 1 N–H and O–H groups in total. The molecule has 1 heterocycles. The van der Waals surface area contributed by atoms with E-state index in [2.05, 4.69) is 23.5 Å². The van der Waals surface area contributed by atoms with Crippen molar-refractivity contribution in [1.29, 1.82) is 0 Å². The Bertz CT molecular complexity index is 407. The zero-order valence-electron chi connectivity index (χ0n) is 10.6. The Morgan fingerprint density at radius 1 is 1.24 bits per heavy atom. The van der Waals surface area contributed by atoms with Gasteiger partial charge in [0.1, 0.15) is 5.75 Å². The summed E-state index contributed by atoms with van der Waals surface area (Å²) in [5.41, 5.74) is 3.50. The fourth-order valence-electron chi connectivity index (χ4n) is 3.57. The average Bonchev–Trinajstić information content (AvgIpc) is 2.76. The smallest absolute Gasteiger partial charge is 0.119 e. The van der Waals surface area contributed by atoms with Gasteiger partial charge in [0.05, 0.1) is 7.11 Å². The number of rotatable bonds is 1. The third-order valence-corrected chi connectivity index (χ3v) is 4.48. The lowest BCUT2D eigenvalue weighted by Gasteiger charge is -2.30. The largest absolute Gasteiger partial charge is 0.497 e. The van der Waals surface area contributed by atoms with Gasteiger partial charge in [0.15, 0.2) is 0 Å².